The Bertz CT molecular complexity index is 135. The minimum Gasteiger partial charge on any atom is -0.381 e. The molecule has 3 heteroatoms. The van der Waals surface area contributed by atoms with Crippen LogP contribution in [-0.4, -0.2) is 37.3 Å². The van der Waals surface area contributed by atoms with Crippen LogP contribution in [0.25, 0.3) is 0 Å². The topological polar surface area (TPSA) is 21.3 Å². The lowest BCUT2D eigenvalue weighted by Crippen LogP contribution is -2.21. The Labute approximate surface area is 85.1 Å². The first-order valence-corrected chi connectivity index (χ1v) is 5.99. The van der Waals surface area contributed by atoms with E-state index in [-0.39, 0.29) is 0 Å². The van der Waals surface area contributed by atoms with E-state index in [9.17, 15) is 0 Å². The Balaban J connectivity index is 1.89. The maximum absolute atomic E-state index is 5.30. The third-order valence-electron chi connectivity index (χ3n) is 2.09. The highest BCUT2D eigenvalue weighted by molar-refractivity contribution is 7.99. The van der Waals surface area contributed by atoms with Gasteiger partial charge in [-0.05, 0) is 12.8 Å². The van der Waals surface area contributed by atoms with Gasteiger partial charge < -0.3 is 10.1 Å². The monoisotopic (exact) mass is 201 g/mol. The van der Waals surface area contributed by atoms with Crippen LogP contribution in [0.1, 0.15) is 12.8 Å². The van der Waals surface area contributed by atoms with Crippen LogP contribution in [0, 0.1) is 0 Å². The summed E-state index contributed by atoms with van der Waals surface area (Å²) in [5.41, 5.74) is 0. The molecule has 1 rings (SSSR count). The number of rotatable bonds is 6. The molecule has 0 radical (unpaired) electrons. The van der Waals surface area contributed by atoms with Gasteiger partial charge in [-0.3, -0.25) is 0 Å². The SMILES string of the molecule is C=CCNCCSC1CCOCC1. The highest BCUT2D eigenvalue weighted by Crippen LogP contribution is 2.21. The first-order chi connectivity index (χ1) is 6.43. The predicted molar refractivity (Wildman–Crippen MR) is 59.4 cm³/mol. The van der Waals surface area contributed by atoms with Crippen LogP contribution in [0.15, 0.2) is 12.7 Å². The summed E-state index contributed by atoms with van der Waals surface area (Å²) in [7, 11) is 0. The molecule has 13 heavy (non-hydrogen) atoms. The number of hydrogen-bond acceptors (Lipinski definition) is 3. The molecule has 0 spiro atoms. The number of ether oxygens (including phenoxy) is 1. The third kappa shape index (κ3) is 5.34. The highest BCUT2D eigenvalue weighted by atomic mass is 32.2. The lowest BCUT2D eigenvalue weighted by molar-refractivity contribution is 0.100. The van der Waals surface area contributed by atoms with Crippen molar-refractivity contribution in [3.05, 3.63) is 12.7 Å². The van der Waals surface area contributed by atoms with Crippen LogP contribution in [0.4, 0.5) is 0 Å². The van der Waals surface area contributed by atoms with Crippen molar-refractivity contribution in [2.24, 2.45) is 0 Å². The van der Waals surface area contributed by atoms with E-state index in [0.29, 0.717) is 0 Å². The minimum atomic E-state index is 0.833. The van der Waals surface area contributed by atoms with Gasteiger partial charge in [0.15, 0.2) is 0 Å². The normalized spacial score (nSPS) is 18.8. The van der Waals surface area contributed by atoms with Gasteiger partial charge in [0.2, 0.25) is 0 Å². The molecular formula is C10H19NOS. The van der Waals surface area contributed by atoms with E-state index < -0.39 is 0 Å². The quantitative estimate of drug-likeness (QED) is 0.522. The Morgan fingerprint density at radius 3 is 2.92 bits per heavy atom. The van der Waals surface area contributed by atoms with Crippen LogP contribution in [0.2, 0.25) is 0 Å². The molecule has 0 amide bonds. The maximum Gasteiger partial charge on any atom is 0.0476 e. The lowest BCUT2D eigenvalue weighted by atomic mass is 10.2. The first kappa shape index (κ1) is 11.1. The molecule has 1 N–H and O–H groups in total. The van der Waals surface area contributed by atoms with Gasteiger partial charge in [0.25, 0.3) is 0 Å². The van der Waals surface area contributed by atoms with E-state index >= 15 is 0 Å². The van der Waals surface area contributed by atoms with Crippen molar-refractivity contribution in [3.63, 3.8) is 0 Å². The van der Waals surface area contributed by atoms with Crippen molar-refractivity contribution in [2.75, 3.05) is 32.1 Å². The fraction of sp³-hybridized carbons (Fsp3) is 0.800. The molecule has 76 valence electrons. The van der Waals surface area contributed by atoms with E-state index in [1.807, 2.05) is 6.08 Å². The number of thioether (sulfide) groups is 1. The van der Waals surface area contributed by atoms with Crippen LogP contribution in [0.5, 0.6) is 0 Å². The fourth-order valence-electron chi connectivity index (χ4n) is 1.34. The molecule has 0 unspecified atom stereocenters. The average Bonchev–Trinajstić information content (AvgIpc) is 2.19. The van der Waals surface area contributed by atoms with Crippen molar-refractivity contribution in [1.29, 1.82) is 0 Å². The predicted octanol–water partition coefficient (Wildman–Crippen LogP) is 1.67. The molecule has 0 aromatic heterocycles. The van der Waals surface area contributed by atoms with Gasteiger partial charge in [-0.1, -0.05) is 6.08 Å². The number of hydrogen-bond donors (Lipinski definition) is 1. The molecule has 0 atom stereocenters. The minimum absolute atomic E-state index is 0.833. The Morgan fingerprint density at radius 2 is 2.23 bits per heavy atom. The Kier molecular flexibility index (Phi) is 6.33. The van der Waals surface area contributed by atoms with Crippen molar-refractivity contribution < 1.29 is 4.74 Å². The van der Waals surface area contributed by atoms with Crippen molar-refractivity contribution in [2.45, 2.75) is 18.1 Å². The Morgan fingerprint density at radius 1 is 1.46 bits per heavy atom. The lowest BCUT2D eigenvalue weighted by Gasteiger charge is -2.21. The summed E-state index contributed by atoms with van der Waals surface area (Å²) in [4.78, 5) is 0. The van der Waals surface area contributed by atoms with Crippen LogP contribution in [0.3, 0.4) is 0 Å². The van der Waals surface area contributed by atoms with Crippen molar-refractivity contribution in [1.82, 2.24) is 5.32 Å². The van der Waals surface area contributed by atoms with Gasteiger partial charge >= 0.3 is 0 Å². The highest BCUT2D eigenvalue weighted by Gasteiger charge is 2.12. The molecular weight excluding hydrogens is 182 g/mol. The zero-order valence-electron chi connectivity index (χ0n) is 8.13. The smallest absolute Gasteiger partial charge is 0.0476 e. The van der Waals surface area contributed by atoms with Gasteiger partial charge in [0, 0.05) is 37.3 Å². The molecule has 0 bridgehead atoms. The van der Waals surface area contributed by atoms with Gasteiger partial charge in [-0.15, -0.1) is 6.58 Å². The molecule has 0 aromatic rings. The Hall–Kier alpha value is 0.01000. The molecule has 1 heterocycles. The third-order valence-corrected chi connectivity index (χ3v) is 3.47. The summed E-state index contributed by atoms with van der Waals surface area (Å²) in [5.74, 6) is 1.21. The van der Waals surface area contributed by atoms with Gasteiger partial charge in [0.1, 0.15) is 0 Å². The zero-order valence-corrected chi connectivity index (χ0v) is 8.94. The van der Waals surface area contributed by atoms with Crippen molar-refractivity contribution in [3.8, 4) is 0 Å². The zero-order chi connectivity index (χ0) is 9.36. The second-order valence-corrected chi connectivity index (χ2v) is 4.58. The second kappa shape index (κ2) is 7.42. The van der Waals surface area contributed by atoms with Gasteiger partial charge in [-0.2, -0.15) is 11.8 Å². The molecule has 1 aliphatic rings. The van der Waals surface area contributed by atoms with Crippen LogP contribution >= 0.6 is 11.8 Å². The molecule has 1 aliphatic heterocycles. The summed E-state index contributed by atoms with van der Waals surface area (Å²) < 4.78 is 5.30. The van der Waals surface area contributed by atoms with E-state index in [4.69, 9.17) is 4.74 Å². The maximum atomic E-state index is 5.30. The largest absolute Gasteiger partial charge is 0.381 e. The average molecular weight is 201 g/mol. The van der Waals surface area contributed by atoms with Crippen molar-refractivity contribution >= 4 is 11.8 Å². The molecule has 1 fully saturated rings. The molecule has 0 aliphatic carbocycles. The molecule has 0 aromatic carbocycles. The fourth-order valence-corrected chi connectivity index (χ4v) is 2.47. The summed E-state index contributed by atoms with van der Waals surface area (Å²) in [6, 6.07) is 0. The van der Waals surface area contributed by atoms with Gasteiger partial charge in [-0.25, -0.2) is 0 Å². The first-order valence-electron chi connectivity index (χ1n) is 4.94. The van der Waals surface area contributed by atoms with Crippen LogP contribution in [-0.2, 0) is 4.74 Å². The second-order valence-electron chi connectivity index (χ2n) is 3.18. The summed E-state index contributed by atoms with van der Waals surface area (Å²) in [6.07, 6.45) is 4.36. The summed E-state index contributed by atoms with van der Waals surface area (Å²) in [5, 5.41) is 4.14. The van der Waals surface area contributed by atoms with E-state index in [0.717, 1.165) is 31.6 Å². The summed E-state index contributed by atoms with van der Waals surface area (Å²) >= 11 is 2.07. The van der Waals surface area contributed by atoms with Crippen LogP contribution < -0.4 is 5.32 Å². The molecule has 1 saturated heterocycles. The summed E-state index contributed by atoms with van der Waals surface area (Å²) in [6.45, 7) is 7.59. The molecule has 0 saturated carbocycles. The number of nitrogens with one attached hydrogen (secondary N) is 1. The molecule has 2 nitrogen and oxygen atoms in total. The van der Waals surface area contributed by atoms with Gasteiger partial charge in [0.05, 0.1) is 0 Å². The standard InChI is InChI=1S/C10H19NOS/c1-2-5-11-6-9-13-10-3-7-12-8-4-10/h2,10-11H,1,3-9H2. The van der Waals surface area contributed by atoms with E-state index in [1.54, 1.807) is 0 Å². The van der Waals surface area contributed by atoms with E-state index in [2.05, 4.69) is 23.7 Å². The van der Waals surface area contributed by atoms with E-state index in [1.165, 1.54) is 18.6 Å².